The Bertz CT molecular complexity index is 4550. The lowest BCUT2D eigenvalue weighted by molar-refractivity contribution is 0.666. The van der Waals surface area contributed by atoms with Crippen LogP contribution in [0.5, 0.6) is 0 Å². The van der Waals surface area contributed by atoms with Crippen LogP contribution in [0, 0.1) is 0 Å². The first-order valence-corrected chi connectivity index (χ1v) is 26.3. The molecule has 2 heterocycles. The van der Waals surface area contributed by atoms with E-state index in [0.29, 0.717) is 0 Å². The van der Waals surface area contributed by atoms with E-state index in [1.165, 1.54) is 137 Å². The van der Waals surface area contributed by atoms with Gasteiger partial charge in [-0.1, -0.05) is 226 Å². The summed E-state index contributed by atoms with van der Waals surface area (Å²) in [7, 11) is 0. The fraction of sp³-hybridized carbons (Fsp3) is 0.0857. The zero-order valence-electron chi connectivity index (χ0n) is 41.3. The van der Waals surface area contributed by atoms with Crippen LogP contribution in [-0.4, -0.2) is 9.55 Å². The minimum absolute atomic E-state index is 0.0337. The van der Waals surface area contributed by atoms with Crippen LogP contribution in [0.15, 0.2) is 235 Å². The van der Waals surface area contributed by atoms with Gasteiger partial charge in [-0.05, 0) is 136 Å². The quantitative estimate of drug-likeness (QED) is 0.158. The number of fused-ring (bicyclic) bond motifs is 24. The Morgan fingerprint density at radius 1 is 0.329 bits per heavy atom. The van der Waals surface area contributed by atoms with Gasteiger partial charge in [0.2, 0.25) is 0 Å². The molecule has 3 heteroatoms. The van der Waals surface area contributed by atoms with Gasteiger partial charge in [0.25, 0.3) is 0 Å². The summed E-state index contributed by atoms with van der Waals surface area (Å²) >= 11 is 3.31. The molecule has 0 fully saturated rings. The molecule has 16 rings (SSSR count). The summed E-state index contributed by atoms with van der Waals surface area (Å²) in [5.74, 6) is 0. The maximum atomic E-state index is 3.64. The minimum atomic E-state index is -0.0698. The Balaban J connectivity index is 0.000000121. The summed E-state index contributed by atoms with van der Waals surface area (Å²) in [6.45, 7) is 9.54. The number of hydrogen-bond donors (Lipinski definition) is 1. The summed E-state index contributed by atoms with van der Waals surface area (Å²) in [6.07, 6.45) is 0. The number of nitrogens with zero attached hydrogens (tertiary/aromatic N) is 1. The van der Waals surface area contributed by atoms with Crippen molar-refractivity contribution >= 4 is 103 Å². The summed E-state index contributed by atoms with van der Waals surface area (Å²) in [5, 5.41) is 16.2. The molecule has 0 radical (unpaired) electrons. The number of rotatable bonds is 1. The average Bonchev–Trinajstić information content (AvgIpc) is 4.14. The van der Waals surface area contributed by atoms with Crippen molar-refractivity contribution in [2.45, 2.75) is 38.5 Å². The SMILES string of the molecule is Brc1ccccc1.CC1(C)c2ccccc2-c2c1c1ccc3[nH]c4ccccc4c3c1c1ccccc21.CC1(C)c2ccccc2-c2c1c1ccc3c(c4ccccc4n3-c3ccccc3)c1c1ccccc21. The van der Waals surface area contributed by atoms with Crippen molar-refractivity contribution in [2.75, 3.05) is 0 Å². The lowest BCUT2D eigenvalue weighted by Gasteiger charge is -2.24. The van der Waals surface area contributed by atoms with Crippen molar-refractivity contribution in [3.05, 3.63) is 257 Å². The summed E-state index contributed by atoms with van der Waals surface area (Å²) in [4.78, 5) is 3.64. The summed E-state index contributed by atoms with van der Waals surface area (Å²) in [5.41, 5.74) is 17.4. The number of benzene rings is 12. The van der Waals surface area contributed by atoms with Gasteiger partial charge in [-0.15, -0.1) is 0 Å². The Morgan fingerprint density at radius 3 is 1.36 bits per heavy atom. The molecule has 73 heavy (non-hydrogen) atoms. The van der Waals surface area contributed by atoms with E-state index in [-0.39, 0.29) is 10.8 Å². The highest BCUT2D eigenvalue weighted by atomic mass is 79.9. The number of aromatic nitrogens is 2. The lowest BCUT2D eigenvalue weighted by atomic mass is 9.78. The monoisotopic (exact) mass is 998 g/mol. The molecule has 0 saturated carbocycles. The molecule has 12 aromatic carbocycles. The number of para-hydroxylation sites is 3. The van der Waals surface area contributed by atoms with Gasteiger partial charge in [0.15, 0.2) is 0 Å². The summed E-state index contributed by atoms with van der Waals surface area (Å²) < 4.78 is 3.56. The maximum Gasteiger partial charge on any atom is 0.0547 e. The predicted molar refractivity (Wildman–Crippen MR) is 316 cm³/mol. The molecule has 2 aliphatic carbocycles. The molecule has 0 aliphatic heterocycles. The van der Waals surface area contributed by atoms with Crippen molar-refractivity contribution in [2.24, 2.45) is 0 Å². The zero-order chi connectivity index (χ0) is 49.2. The van der Waals surface area contributed by atoms with Crippen LogP contribution >= 0.6 is 15.9 Å². The molecule has 0 amide bonds. The molecule has 348 valence electrons. The van der Waals surface area contributed by atoms with E-state index in [4.69, 9.17) is 0 Å². The van der Waals surface area contributed by atoms with Gasteiger partial charge in [-0.3, -0.25) is 0 Å². The van der Waals surface area contributed by atoms with E-state index in [0.717, 1.165) is 4.47 Å². The largest absolute Gasteiger partial charge is 0.354 e. The predicted octanol–water partition coefficient (Wildman–Crippen LogP) is 19.8. The topological polar surface area (TPSA) is 20.7 Å². The van der Waals surface area contributed by atoms with Gasteiger partial charge < -0.3 is 9.55 Å². The molecule has 2 nitrogen and oxygen atoms in total. The van der Waals surface area contributed by atoms with Crippen LogP contribution < -0.4 is 0 Å². The average molecular weight is 1000 g/mol. The molecule has 0 saturated heterocycles. The number of H-pyrrole nitrogens is 1. The Kier molecular flexibility index (Phi) is 9.78. The fourth-order valence-electron chi connectivity index (χ4n) is 13.2. The van der Waals surface area contributed by atoms with Crippen molar-refractivity contribution in [3.63, 3.8) is 0 Å². The highest BCUT2D eigenvalue weighted by Crippen LogP contribution is 2.57. The molecule has 1 N–H and O–H groups in total. The second kappa shape index (κ2) is 16.4. The van der Waals surface area contributed by atoms with Crippen LogP contribution in [-0.2, 0) is 10.8 Å². The first-order chi connectivity index (χ1) is 35.7. The van der Waals surface area contributed by atoms with Crippen LogP contribution in [0.1, 0.15) is 49.9 Å². The molecular formula is C70H51BrN2. The minimum Gasteiger partial charge on any atom is -0.354 e. The number of aromatic amines is 1. The van der Waals surface area contributed by atoms with Gasteiger partial charge in [-0.2, -0.15) is 0 Å². The maximum absolute atomic E-state index is 3.64. The first-order valence-electron chi connectivity index (χ1n) is 25.5. The Labute approximate surface area is 433 Å². The van der Waals surface area contributed by atoms with Crippen LogP contribution in [0.4, 0.5) is 0 Å². The second-order valence-electron chi connectivity index (χ2n) is 20.9. The Morgan fingerprint density at radius 2 is 0.781 bits per heavy atom. The van der Waals surface area contributed by atoms with Gasteiger partial charge in [0, 0.05) is 53.6 Å². The van der Waals surface area contributed by atoms with E-state index < -0.39 is 0 Å². The van der Waals surface area contributed by atoms with Gasteiger partial charge in [-0.25, -0.2) is 0 Å². The van der Waals surface area contributed by atoms with Crippen molar-refractivity contribution in [1.82, 2.24) is 9.55 Å². The van der Waals surface area contributed by atoms with E-state index in [1.54, 1.807) is 0 Å². The molecule has 14 aromatic rings. The molecule has 2 aromatic heterocycles. The fourth-order valence-corrected chi connectivity index (χ4v) is 13.5. The van der Waals surface area contributed by atoms with Gasteiger partial charge in [0.05, 0.1) is 11.0 Å². The van der Waals surface area contributed by atoms with E-state index in [9.17, 15) is 0 Å². The van der Waals surface area contributed by atoms with E-state index in [1.807, 2.05) is 30.3 Å². The smallest absolute Gasteiger partial charge is 0.0547 e. The number of halogens is 1. The van der Waals surface area contributed by atoms with Crippen molar-refractivity contribution < 1.29 is 0 Å². The Hall–Kier alpha value is -8.24. The van der Waals surface area contributed by atoms with Crippen molar-refractivity contribution in [3.8, 4) is 27.9 Å². The number of nitrogens with one attached hydrogen (secondary N) is 1. The van der Waals surface area contributed by atoms with Gasteiger partial charge >= 0.3 is 0 Å². The molecule has 0 atom stereocenters. The zero-order valence-corrected chi connectivity index (χ0v) is 42.9. The van der Waals surface area contributed by atoms with E-state index >= 15 is 0 Å². The van der Waals surface area contributed by atoms with Crippen LogP contribution in [0.3, 0.4) is 0 Å². The first kappa shape index (κ1) is 43.5. The standard InChI is InChI=1S/C35H25N.C29H21N.C6H5Br/c1-35(2)28-18-10-8-16-25(28)32-24-15-7-6-14-23(24)31-27(34(32)35)20-21-30-33(31)26-17-9-11-19-29(26)36(30)22-12-4-3-5-13-22;1-29(2)22-13-7-5-11-19(22)26-18-10-4-3-9-17(18)25-21(28(26)29)15-16-24-27(25)20-12-6-8-14-23(20)30-24;7-6-4-2-1-3-5-6/h3-21H,1-2H3;3-16,30H,1-2H3;1-5H. The molecule has 0 bridgehead atoms. The van der Waals surface area contributed by atoms with Gasteiger partial charge in [0.1, 0.15) is 0 Å². The molecule has 0 unspecified atom stereocenters. The molecular weight excluding hydrogens is 949 g/mol. The third-order valence-electron chi connectivity index (χ3n) is 16.2. The lowest BCUT2D eigenvalue weighted by Crippen LogP contribution is -2.15. The van der Waals surface area contributed by atoms with E-state index in [2.05, 4.69) is 253 Å². The molecule has 2 aliphatic rings. The highest BCUT2D eigenvalue weighted by molar-refractivity contribution is 9.10. The number of hydrogen-bond acceptors (Lipinski definition) is 0. The van der Waals surface area contributed by atoms with Crippen molar-refractivity contribution in [1.29, 1.82) is 0 Å². The third-order valence-corrected chi connectivity index (χ3v) is 16.7. The summed E-state index contributed by atoms with van der Waals surface area (Å²) in [6, 6.07) is 83.5. The van der Waals surface area contributed by atoms with Crippen LogP contribution in [0.2, 0.25) is 0 Å². The highest BCUT2D eigenvalue weighted by Gasteiger charge is 2.40. The van der Waals surface area contributed by atoms with Crippen LogP contribution in [0.25, 0.3) is 115 Å². The second-order valence-corrected chi connectivity index (χ2v) is 21.8. The normalized spacial score (nSPS) is 13.8. The third kappa shape index (κ3) is 6.35. The molecule has 0 spiro atoms.